The van der Waals surface area contributed by atoms with E-state index in [-0.39, 0.29) is 6.61 Å². The lowest BCUT2D eigenvalue weighted by Crippen LogP contribution is -2.70. The van der Waals surface area contributed by atoms with Crippen LogP contribution in [-0.2, 0) is 33.0 Å². The molecule has 9 nitrogen and oxygen atoms in total. The zero-order valence-electron chi connectivity index (χ0n) is 23.4. The van der Waals surface area contributed by atoms with Crippen LogP contribution in [0.5, 0.6) is 0 Å². The van der Waals surface area contributed by atoms with Gasteiger partial charge in [-0.1, -0.05) is 41.5 Å². The maximum Gasteiger partial charge on any atom is 0.418 e. The van der Waals surface area contributed by atoms with Gasteiger partial charge in [-0.05, 0) is 51.7 Å². The van der Waals surface area contributed by atoms with Crippen molar-refractivity contribution in [2.45, 2.75) is 118 Å². The molecule has 202 valence electrons. The van der Waals surface area contributed by atoms with Gasteiger partial charge in [0.2, 0.25) is 11.4 Å². The second kappa shape index (κ2) is 11.9. The van der Waals surface area contributed by atoms with E-state index in [9.17, 15) is 19.2 Å². The fraction of sp³-hybridized carbons (Fsp3) is 0.840. The highest BCUT2D eigenvalue weighted by atomic mass is 28.4. The minimum Gasteiger partial charge on any atom is -0.464 e. The molecule has 0 saturated carbocycles. The first-order valence-electron chi connectivity index (χ1n) is 12.7. The largest absolute Gasteiger partial charge is 0.464 e. The SMILES string of the molecule is CCOC(=O)[C@@]1([C@@H](OC(C)=O)C(C)C)[C@@H](O[Si](CC)(CC)CC)[C@@H](C)C(=O)N1C(=O)OC(C)(C)C. The highest BCUT2D eigenvalue weighted by Gasteiger charge is 2.72. The summed E-state index contributed by atoms with van der Waals surface area (Å²) in [5.74, 6) is -3.45. The summed E-state index contributed by atoms with van der Waals surface area (Å²) < 4.78 is 23.6. The number of esters is 2. The van der Waals surface area contributed by atoms with Crippen molar-refractivity contribution in [2.75, 3.05) is 6.61 Å². The summed E-state index contributed by atoms with van der Waals surface area (Å²) in [6.45, 7) is 19.1. The Balaban J connectivity index is 4.06. The molecule has 0 unspecified atom stereocenters. The van der Waals surface area contributed by atoms with Gasteiger partial charge in [0, 0.05) is 6.92 Å². The molecule has 1 aliphatic heterocycles. The van der Waals surface area contributed by atoms with Crippen molar-refractivity contribution < 1.29 is 37.8 Å². The lowest BCUT2D eigenvalue weighted by atomic mass is 9.79. The number of rotatable bonds is 10. The summed E-state index contributed by atoms with van der Waals surface area (Å²) in [4.78, 5) is 54.3. The van der Waals surface area contributed by atoms with Crippen LogP contribution in [0.4, 0.5) is 4.79 Å². The predicted molar refractivity (Wildman–Crippen MR) is 134 cm³/mol. The first-order chi connectivity index (χ1) is 16.1. The maximum atomic E-state index is 13.9. The molecule has 0 aromatic rings. The molecule has 4 atom stereocenters. The molecule has 1 rings (SSSR count). The highest BCUT2D eigenvalue weighted by Crippen LogP contribution is 2.46. The van der Waals surface area contributed by atoms with Crippen molar-refractivity contribution >= 4 is 32.3 Å². The van der Waals surface area contributed by atoms with E-state index in [1.165, 1.54) is 6.92 Å². The van der Waals surface area contributed by atoms with Gasteiger partial charge in [0.1, 0.15) is 11.7 Å². The van der Waals surface area contributed by atoms with Crippen LogP contribution in [0.15, 0.2) is 0 Å². The van der Waals surface area contributed by atoms with Gasteiger partial charge >= 0.3 is 18.0 Å². The molecule has 0 spiro atoms. The van der Waals surface area contributed by atoms with E-state index in [0.717, 1.165) is 23.0 Å². The van der Waals surface area contributed by atoms with Gasteiger partial charge in [-0.3, -0.25) is 9.59 Å². The molecule has 1 heterocycles. The normalized spacial score (nSPS) is 23.9. The summed E-state index contributed by atoms with van der Waals surface area (Å²) in [6, 6.07) is 2.26. The Morgan fingerprint density at radius 2 is 1.57 bits per heavy atom. The van der Waals surface area contributed by atoms with E-state index in [4.69, 9.17) is 18.6 Å². The van der Waals surface area contributed by atoms with Gasteiger partial charge in [-0.25, -0.2) is 14.5 Å². The number of carbonyl (C=O) groups excluding carboxylic acids is 4. The number of ether oxygens (including phenoxy) is 3. The fourth-order valence-corrected chi connectivity index (χ4v) is 7.73. The van der Waals surface area contributed by atoms with Crippen molar-refractivity contribution in [1.82, 2.24) is 4.90 Å². The average Bonchev–Trinajstić information content (AvgIpc) is 2.96. The fourth-order valence-electron chi connectivity index (χ4n) is 4.81. The predicted octanol–water partition coefficient (Wildman–Crippen LogP) is 4.68. The van der Waals surface area contributed by atoms with Crippen molar-refractivity contribution in [3.05, 3.63) is 0 Å². The summed E-state index contributed by atoms with van der Waals surface area (Å²) in [5.41, 5.74) is -2.98. The Hall–Kier alpha value is -1.94. The summed E-state index contributed by atoms with van der Waals surface area (Å²) in [6.07, 6.45) is -3.27. The molecule has 0 aromatic carbocycles. The molecular formula is C25H45NO8Si. The van der Waals surface area contributed by atoms with Crippen LogP contribution in [0.3, 0.4) is 0 Å². The molecule has 0 aliphatic carbocycles. The zero-order valence-corrected chi connectivity index (χ0v) is 24.4. The van der Waals surface area contributed by atoms with Crippen LogP contribution in [0.25, 0.3) is 0 Å². The van der Waals surface area contributed by atoms with E-state index >= 15 is 0 Å². The molecule has 0 N–H and O–H groups in total. The standard InChI is InChI=1S/C25H45NO8Si/c1-12-31-22(29)25(19(16(5)6)32-18(8)27)20(34-35(13-2,14-3)15-4)17(7)21(28)26(25)23(30)33-24(9,10)11/h16-17,19-20H,12-15H2,1-11H3/t17-,19+,20+,25-/m1/s1. The smallest absolute Gasteiger partial charge is 0.418 e. The van der Waals surface area contributed by atoms with Crippen LogP contribution in [0.1, 0.15) is 76.2 Å². The Bertz CT molecular complexity index is 781. The van der Waals surface area contributed by atoms with Crippen molar-refractivity contribution in [3.8, 4) is 0 Å². The lowest BCUT2D eigenvalue weighted by molar-refractivity contribution is -0.186. The van der Waals surface area contributed by atoms with Crippen LogP contribution in [0, 0.1) is 11.8 Å². The quantitative estimate of drug-likeness (QED) is 0.234. The molecule has 2 amide bonds. The molecular weight excluding hydrogens is 470 g/mol. The van der Waals surface area contributed by atoms with E-state index in [1.54, 1.807) is 48.5 Å². The molecule has 1 aliphatic rings. The lowest BCUT2D eigenvalue weighted by Gasteiger charge is -2.46. The summed E-state index contributed by atoms with van der Waals surface area (Å²) in [7, 11) is -2.42. The van der Waals surface area contributed by atoms with E-state index in [2.05, 4.69) is 0 Å². The van der Waals surface area contributed by atoms with Crippen LogP contribution in [-0.4, -0.2) is 67.1 Å². The van der Waals surface area contributed by atoms with E-state index < -0.39 is 67.4 Å². The second-order valence-corrected chi connectivity index (χ2v) is 15.3. The Morgan fingerprint density at radius 1 is 1.06 bits per heavy atom. The molecule has 35 heavy (non-hydrogen) atoms. The van der Waals surface area contributed by atoms with E-state index in [1.807, 2.05) is 20.8 Å². The third-order valence-corrected chi connectivity index (χ3v) is 11.3. The molecule has 0 aromatic heterocycles. The van der Waals surface area contributed by atoms with Gasteiger partial charge in [-0.2, -0.15) is 0 Å². The Kier molecular flexibility index (Phi) is 10.5. The molecule has 1 fully saturated rings. The first-order valence-corrected chi connectivity index (χ1v) is 15.2. The highest BCUT2D eigenvalue weighted by molar-refractivity contribution is 6.73. The first kappa shape index (κ1) is 31.1. The minimum absolute atomic E-state index is 0.000818. The van der Waals surface area contributed by atoms with Gasteiger partial charge in [0.15, 0.2) is 8.32 Å². The molecule has 10 heteroatoms. The number of amides is 2. The van der Waals surface area contributed by atoms with Crippen LogP contribution in [0.2, 0.25) is 18.1 Å². The third kappa shape index (κ3) is 6.25. The van der Waals surface area contributed by atoms with Gasteiger partial charge < -0.3 is 18.6 Å². The number of hydrogen-bond donors (Lipinski definition) is 0. The number of nitrogens with zero attached hydrogens (tertiary/aromatic N) is 1. The minimum atomic E-state index is -2.42. The maximum absolute atomic E-state index is 13.9. The van der Waals surface area contributed by atoms with Crippen LogP contribution < -0.4 is 0 Å². The molecule has 1 saturated heterocycles. The van der Waals surface area contributed by atoms with Crippen LogP contribution >= 0.6 is 0 Å². The number of carbonyl (C=O) groups is 4. The van der Waals surface area contributed by atoms with Gasteiger partial charge in [0.05, 0.1) is 18.6 Å². The zero-order chi connectivity index (χ0) is 27.4. The van der Waals surface area contributed by atoms with Crippen molar-refractivity contribution in [3.63, 3.8) is 0 Å². The summed E-state index contributed by atoms with van der Waals surface area (Å²) in [5, 5.41) is 0. The average molecular weight is 516 g/mol. The molecule has 0 bridgehead atoms. The van der Waals surface area contributed by atoms with Crippen molar-refractivity contribution in [1.29, 1.82) is 0 Å². The van der Waals surface area contributed by atoms with E-state index in [0.29, 0.717) is 0 Å². The number of likely N-dealkylation sites (tertiary alicyclic amines) is 1. The monoisotopic (exact) mass is 515 g/mol. The van der Waals surface area contributed by atoms with Gasteiger partial charge in [-0.15, -0.1) is 0 Å². The number of hydrogen-bond acceptors (Lipinski definition) is 8. The number of imide groups is 1. The third-order valence-electron chi connectivity index (χ3n) is 6.69. The molecule has 0 radical (unpaired) electrons. The Morgan fingerprint density at radius 3 is 1.94 bits per heavy atom. The van der Waals surface area contributed by atoms with Crippen molar-refractivity contribution in [2.24, 2.45) is 11.8 Å². The second-order valence-electron chi connectivity index (χ2n) is 10.5. The van der Waals surface area contributed by atoms with Gasteiger partial charge in [0.25, 0.3) is 0 Å². The Labute approximate surface area is 211 Å². The topological polar surface area (TPSA) is 108 Å². The summed E-state index contributed by atoms with van der Waals surface area (Å²) >= 11 is 0.